The highest BCUT2D eigenvalue weighted by Crippen LogP contribution is 2.22. The van der Waals surface area contributed by atoms with Gasteiger partial charge in [0.2, 0.25) is 0 Å². The average Bonchev–Trinajstić information content (AvgIpc) is 2.30. The van der Waals surface area contributed by atoms with E-state index in [2.05, 4.69) is 4.90 Å². The Labute approximate surface area is 94.4 Å². The first-order chi connectivity index (χ1) is 7.68. The van der Waals surface area contributed by atoms with Gasteiger partial charge in [0.05, 0.1) is 19.2 Å². The van der Waals surface area contributed by atoms with Gasteiger partial charge < -0.3 is 19.5 Å². The summed E-state index contributed by atoms with van der Waals surface area (Å²) < 4.78 is 5.27. The largest absolute Gasteiger partial charge is 0.545 e. The number of carbonyl (C=O) groups is 1. The van der Waals surface area contributed by atoms with Crippen molar-refractivity contribution in [3.8, 4) is 0 Å². The van der Waals surface area contributed by atoms with Crippen molar-refractivity contribution >= 4 is 11.7 Å². The van der Waals surface area contributed by atoms with Gasteiger partial charge in [-0.2, -0.15) is 0 Å². The maximum atomic E-state index is 10.8. The van der Waals surface area contributed by atoms with E-state index in [4.69, 9.17) is 4.74 Å². The number of anilines is 1. The molecule has 1 saturated heterocycles. The van der Waals surface area contributed by atoms with E-state index in [9.17, 15) is 9.90 Å². The lowest BCUT2D eigenvalue weighted by Gasteiger charge is -2.30. The van der Waals surface area contributed by atoms with Crippen LogP contribution in [-0.2, 0) is 4.74 Å². The van der Waals surface area contributed by atoms with Gasteiger partial charge in [-0.3, -0.25) is 0 Å². The lowest BCUT2D eigenvalue weighted by Crippen LogP contribution is -2.36. The summed E-state index contributed by atoms with van der Waals surface area (Å²) in [7, 11) is 0. The second-order valence-corrected chi connectivity index (χ2v) is 3.89. The third kappa shape index (κ3) is 2.17. The van der Waals surface area contributed by atoms with E-state index < -0.39 is 5.97 Å². The molecule has 0 bridgehead atoms. The minimum Gasteiger partial charge on any atom is -0.545 e. The van der Waals surface area contributed by atoms with Gasteiger partial charge in [0, 0.05) is 18.8 Å². The highest BCUT2D eigenvalue weighted by Gasteiger charge is 2.13. The van der Waals surface area contributed by atoms with Crippen LogP contribution < -0.4 is 10.0 Å². The molecule has 1 aromatic carbocycles. The molecule has 0 N–H and O–H groups in total. The van der Waals surface area contributed by atoms with Gasteiger partial charge in [-0.25, -0.2) is 0 Å². The molecule has 16 heavy (non-hydrogen) atoms. The zero-order chi connectivity index (χ0) is 11.5. The van der Waals surface area contributed by atoms with E-state index >= 15 is 0 Å². The summed E-state index contributed by atoms with van der Waals surface area (Å²) in [5, 5.41) is 10.8. The monoisotopic (exact) mass is 220 g/mol. The minimum atomic E-state index is -1.13. The Morgan fingerprint density at radius 1 is 1.38 bits per heavy atom. The maximum Gasteiger partial charge on any atom is 0.0716 e. The quantitative estimate of drug-likeness (QED) is 0.714. The fourth-order valence-electron chi connectivity index (χ4n) is 1.88. The Balaban J connectivity index is 2.30. The van der Waals surface area contributed by atoms with Gasteiger partial charge >= 0.3 is 0 Å². The van der Waals surface area contributed by atoms with Gasteiger partial charge in [0.25, 0.3) is 0 Å². The molecule has 1 aliphatic heterocycles. The van der Waals surface area contributed by atoms with Crippen molar-refractivity contribution in [1.82, 2.24) is 0 Å². The number of hydrogen-bond donors (Lipinski definition) is 0. The molecule has 0 saturated carbocycles. The number of rotatable bonds is 2. The highest BCUT2D eigenvalue weighted by atomic mass is 16.5. The number of carbonyl (C=O) groups excluding carboxylic acids is 1. The summed E-state index contributed by atoms with van der Waals surface area (Å²) in [5.41, 5.74) is 2.27. The van der Waals surface area contributed by atoms with Crippen molar-refractivity contribution in [1.29, 1.82) is 0 Å². The fourth-order valence-corrected chi connectivity index (χ4v) is 1.88. The number of carboxylic acid groups (broad SMARTS) is 1. The van der Waals surface area contributed by atoms with Crippen LogP contribution in [-0.4, -0.2) is 32.3 Å². The molecular formula is C12H14NO3-. The van der Waals surface area contributed by atoms with E-state index in [0.717, 1.165) is 24.3 Å². The molecule has 0 amide bonds. The minimum absolute atomic E-state index is 0.229. The molecule has 1 aromatic rings. The predicted molar refractivity (Wildman–Crippen MR) is 58.5 cm³/mol. The molecule has 1 heterocycles. The number of nitrogens with zero attached hydrogens (tertiary/aromatic N) is 1. The van der Waals surface area contributed by atoms with Crippen LogP contribution in [0.15, 0.2) is 18.2 Å². The van der Waals surface area contributed by atoms with Crippen molar-refractivity contribution < 1.29 is 14.6 Å². The second-order valence-electron chi connectivity index (χ2n) is 3.89. The van der Waals surface area contributed by atoms with Crippen LogP contribution in [0.3, 0.4) is 0 Å². The molecule has 1 fully saturated rings. The summed E-state index contributed by atoms with van der Waals surface area (Å²) in [6, 6.07) is 5.07. The van der Waals surface area contributed by atoms with Crippen molar-refractivity contribution in [2.24, 2.45) is 0 Å². The van der Waals surface area contributed by atoms with Crippen LogP contribution in [0.25, 0.3) is 0 Å². The maximum absolute atomic E-state index is 10.8. The predicted octanol–water partition coefficient (Wildman–Crippen LogP) is 0.195. The molecule has 2 rings (SSSR count). The molecule has 0 atom stereocenters. The van der Waals surface area contributed by atoms with Crippen LogP contribution in [0, 0.1) is 6.92 Å². The Bertz CT molecular complexity index is 397. The zero-order valence-corrected chi connectivity index (χ0v) is 9.23. The number of aromatic carboxylic acids is 1. The number of aryl methyl sites for hydroxylation is 1. The summed E-state index contributed by atoms with van der Waals surface area (Å²) in [6.45, 7) is 4.96. The average molecular weight is 220 g/mol. The van der Waals surface area contributed by atoms with Crippen molar-refractivity contribution in [2.45, 2.75) is 6.92 Å². The number of morpholine rings is 1. The van der Waals surface area contributed by atoms with Gasteiger partial charge in [0.15, 0.2) is 0 Å². The molecule has 0 aromatic heterocycles. The Kier molecular flexibility index (Phi) is 3.10. The first-order valence-corrected chi connectivity index (χ1v) is 5.33. The molecule has 4 heteroatoms. The van der Waals surface area contributed by atoms with Crippen LogP contribution in [0.1, 0.15) is 15.9 Å². The van der Waals surface area contributed by atoms with E-state index in [-0.39, 0.29) is 5.56 Å². The Morgan fingerprint density at radius 2 is 2.06 bits per heavy atom. The topological polar surface area (TPSA) is 52.6 Å². The normalized spacial score (nSPS) is 16.2. The summed E-state index contributed by atoms with van der Waals surface area (Å²) in [6.07, 6.45) is 0. The first kappa shape index (κ1) is 11.0. The van der Waals surface area contributed by atoms with Crippen LogP contribution in [0.2, 0.25) is 0 Å². The molecule has 0 unspecified atom stereocenters. The molecule has 86 valence electrons. The van der Waals surface area contributed by atoms with Gasteiger partial charge in [-0.1, -0.05) is 12.1 Å². The highest BCUT2D eigenvalue weighted by molar-refractivity contribution is 5.87. The third-order valence-corrected chi connectivity index (χ3v) is 2.80. The number of benzene rings is 1. The van der Waals surface area contributed by atoms with E-state index in [1.165, 1.54) is 0 Å². The second kappa shape index (κ2) is 4.53. The lowest BCUT2D eigenvalue weighted by molar-refractivity contribution is -0.255. The zero-order valence-electron chi connectivity index (χ0n) is 9.23. The molecule has 4 nitrogen and oxygen atoms in total. The van der Waals surface area contributed by atoms with Crippen LogP contribution >= 0.6 is 0 Å². The van der Waals surface area contributed by atoms with Crippen molar-refractivity contribution in [3.05, 3.63) is 29.3 Å². The lowest BCUT2D eigenvalue weighted by atomic mass is 10.1. The number of carboxylic acids is 1. The van der Waals surface area contributed by atoms with E-state index in [1.807, 2.05) is 13.0 Å². The van der Waals surface area contributed by atoms with E-state index in [0.29, 0.717) is 13.2 Å². The molecular weight excluding hydrogens is 206 g/mol. The van der Waals surface area contributed by atoms with Crippen molar-refractivity contribution in [3.63, 3.8) is 0 Å². The SMILES string of the molecule is Cc1ccc(C(=O)[O-])cc1N1CCOCC1. The summed E-state index contributed by atoms with van der Waals surface area (Å²) in [5.74, 6) is -1.13. The van der Waals surface area contributed by atoms with Gasteiger partial charge in [-0.15, -0.1) is 0 Å². The molecule has 1 aliphatic rings. The molecule has 0 spiro atoms. The number of hydrogen-bond acceptors (Lipinski definition) is 4. The van der Waals surface area contributed by atoms with Gasteiger partial charge in [0.1, 0.15) is 0 Å². The summed E-state index contributed by atoms with van der Waals surface area (Å²) in [4.78, 5) is 12.9. The Hall–Kier alpha value is -1.55. The van der Waals surface area contributed by atoms with Crippen molar-refractivity contribution in [2.75, 3.05) is 31.2 Å². The molecule has 0 radical (unpaired) electrons. The van der Waals surface area contributed by atoms with Gasteiger partial charge in [-0.05, 0) is 24.1 Å². The Morgan fingerprint density at radius 3 is 2.69 bits per heavy atom. The smallest absolute Gasteiger partial charge is 0.0716 e. The number of ether oxygens (including phenoxy) is 1. The van der Waals surface area contributed by atoms with Crippen LogP contribution in [0.5, 0.6) is 0 Å². The first-order valence-electron chi connectivity index (χ1n) is 5.33. The van der Waals surface area contributed by atoms with Crippen LogP contribution in [0.4, 0.5) is 5.69 Å². The standard InChI is InChI=1S/C12H15NO3/c1-9-2-3-10(12(14)15)8-11(9)13-4-6-16-7-5-13/h2-3,8H,4-7H2,1H3,(H,14,15)/p-1. The summed E-state index contributed by atoms with van der Waals surface area (Å²) >= 11 is 0. The van der Waals surface area contributed by atoms with E-state index in [1.54, 1.807) is 12.1 Å². The fraction of sp³-hybridized carbons (Fsp3) is 0.417. The molecule has 0 aliphatic carbocycles. The third-order valence-electron chi connectivity index (χ3n) is 2.80.